The summed E-state index contributed by atoms with van der Waals surface area (Å²) in [5.41, 5.74) is -1.62. The van der Waals surface area contributed by atoms with Crippen LogP contribution >= 0.6 is 0 Å². The molecule has 2 fully saturated rings. The standard InChI is InChI=1S/C27H38O9/c1-8-22(30)35-20-11-9-14(2)13-21-27(32,16(4)25(31)36-21)24(34-18(6)29)23-15(3)10-12-19(26(20,23)7)33-17(5)28/h13,16,19-21,23-24,32H,3,8-12H2,1-2,4-7H3/b14-13-/t16-,19-,20+,21-,23+,24+,26+,27-/m1/s1. The van der Waals surface area contributed by atoms with Gasteiger partial charge in [-0.2, -0.15) is 0 Å². The molecular weight excluding hydrogens is 468 g/mol. The molecule has 0 bridgehead atoms. The van der Waals surface area contributed by atoms with Crippen LogP contribution in [0.15, 0.2) is 23.8 Å². The Morgan fingerprint density at radius 1 is 1.11 bits per heavy atom. The Balaban J connectivity index is 2.33. The number of esters is 4. The first-order chi connectivity index (χ1) is 16.8. The van der Waals surface area contributed by atoms with Gasteiger partial charge in [0.05, 0.1) is 11.3 Å². The van der Waals surface area contributed by atoms with Gasteiger partial charge in [-0.15, -0.1) is 0 Å². The Labute approximate surface area is 212 Å². The second-order valence-electron chi connectivity index (χ2n) is 10.5. The summed E-state index contributed by atoms with van der Waals surface area (Å²) in [7, 11) is 0. The van der Waals surface area contributed by atoms with E-state index in [9.17, 15) is 24.3 Å². The number of carbonyl (C=O) groups excluding carboxylic acids is 4. The Morgan fingerprint density at radius 2 is 1.69 bits per heavy atom. The summed E-state index contributed by atoms with van der Waals surface area (Å²) in [6.45, 7) is 13.7. The van der Waals surface area contributed by atoms with E-state index in [2.05, 4.69) is 6.58 Å². The van der Waals surface area contributed by atoms with Crippen LogP contribution in [0.3, 0.4) is 0 Å². The minimum absolute atomic E-state index is 0.143. The average Bonchev–Trinajstić information content (AvgIpc) is 3.00. The van der Waals surface area contributed by atoms with E-state index in [0.717, 1.165) is 5.57 Å². The van der Waals surface area contributed by atoms with E-state index in [4.69, 9.17) is 18.9 Å². The molecule has 0 aromatic carbocycles. The number of allylic oxidation sites excluding steroid dienone is 1. The van der Waals surface area contributed by atoms with E-state index >= 15 is 0 Å². The Morgan fingerprint density at radius 3 is 2.28 bits per heavy atom. The van der Waals surface area contributed by atoms with Crippen LogP contribution in [-0.4, -0.2) is 59.0 Å². The van der Waals surface area contributed by atoms with Crippen LogP contribution in [0.25, 0.3) is 0 Å². The molecule has 0 amide bonds. The summed E-state index contributed by atoms with van der Waals surface area (Å²) < 4.78 is 23.2. The van der Waals surface area contributed by atoms with Crippen molar-refractivity contribution < 1.29 is 43.2 Å². The molecule has 0 spiro atoms. The van der Waals surface area contributed by atoms with Gasteiger partial charge < -0.3 is 24.1 Å². The van der Waals surface area contributed by atoms with Crippen LogP contribution in [0, 0.1) is 17.3 Å². The van der Waals surface area contributed by atoms with Gasteiger partial charge in [0.2, 0.25) is 0 Å². The van der Waals surface area contributed by atoms with Gasteiger partial charge in [0.25, 0.3) is 0 Å². The van der Waals surface area contributed by atoms with Gasteiger partial charge in [0.1, 0.15) is 18.3 Å². The van der Waals surface area contributed by atoms with Crippen molar-refractivity contribution in [3.63, 3.8) is 0 Å². The lowest BCUT2D eigenvalue weighted by molar-refractivity contribution is -0.220. The highest BCUT2D eigenvalue weighted by molar-refractivity contribution is 5.78. The van der Waals surface area contributed by atoms with Crippen molar-refractivity contribution in [3.05, 3.63) is 23.8 Å². The topological polar surface area (TPSA) is 125 Å². The van der Waals surface area contributed by atoms with Gasteiger partial charge in [-0.25, -0.2) is 0 Å². The summed E-state index contributed by atoms with van der Waals surface area (Å²) in [4.78, 5) is 49.9. The van der Waals surface area contributed by atoms with Crippen molar-refractivity contribution in [2.75, 3.05) is 0 Å². The van der Waals surface area contributed by atoms with Crippen molar-refractivity contribution in [2.24, 2.45) is 17.3 Å². The van der Waals surface area contributed by atoms with E-state index in [0.29, 0.717) is 31.3 Å². The lowest BCUT2D eigenvalue weighted by atomic mass is 9.55. The Hall–Kier alpha value is -2.68. The molecule has 0 aromatic heterocycles. The van der Waals surface area contributed by atoms with Crippen molar-refractivity contribution in [2.45, 2.75) is 104 Å². The zero-order chi connectivity index (χ0) is 27.0. The molecule has 8 atom stereocenters. The maximum absolute atomic E-state index is 12.7. The zero-order valence-corrected chi connectivity index (χ0v) is 22.0. The highest BCUT2D eigenvalue weighted by Gasteiger charge is 2.67. The van der Waals surface area contributed by atoms with Gasteiger partial charge in [0, 0.05) is 26.2 Å². The van der Waals surface area contributed by atoms with Gasteiger partial charge in [-0.05, 0) is 45.6 Å². The fraction of sp³-hybridized carbons (Fsp3) is 0.704. The Bertz CT molecular complexity index is 968. The number of aliphatic hydroxyl groups is 1. The van der Waals surface area contributed by atoms with Crippen LogP contribution in [0.1, 0.15) is 73.6 Å². The van der Waals surface area contributed by atoms with Crippen LogP contribution in [0.4, 0.5) is 0 Å². The van der Waals surface area contributed by atoms with Crippen molar-refractivity contribution in [3.8, 4) is 0 Å². The smallest absolute Gasteiger partial charge is 0.312 e. The summed E-state index contributed by atoms with van der Waals surface area (Å²) >= 11 is 0. The van der Waals surface area contributed by atoms with Crippen molar-refractivity contribution >= 4 is 23.9 Å². The molecular formula is C27H38O9. The van der Waals surface area contributed by atoms with Crippen LogP contribution in [-0.2, 0) is 38.1 Å². The number of hydrogen-bond acceptors (Lipinski definition) is 9. The van der Waals surface area contributed by atoms with Crippen molar-refractivity contribution in [1.29, 1.82) is 0 Å². The minimum Gasteiger partial charge on any atom is -0.462 e. The second-order valence-corrected chi connectivity index (χ2v) is 10.5. The van der Waals surface area contributed by atoms with Crippen LogP contribution in [0.2, 0.25) is 0 Å². The third-order valence-corrected chi connectivity index (χ3v) is 8.13. The second kappa shape index (κ2) is 10.4. The molecule has 1 aliphatic heterocycles. The highest BCUT2D eigenvalue weighted by atomic mass is 16.6. The molecule has 1 N–H and O–H groups in total. The number of ether oxygens (including phenoxy) is 4. The van der Waals surface area contributed by atoms with Gasteiger partial charge in [0.15, 0.2) is 11.7 Å². The third kappa shape index (κ3) is 4.82. The molecule has 2 aliphatic carbocycles. The van der Waals surface area contributed by atoms with E-state index in [1.165, 1.54) is 20.8 Å². The quantitative estimate of drug-likeness (QED) is 0.348. The molecule has 0 unspecified atom stereocenters. The number of hydrogen-bond donors (Lipinski definition) is 1. The van der Waals surface area contributed by atoms with Gasteiger partial charge >= 0.3 is 23.9 Å². The van der Waals surface area contributed by atoms with Crippen LogP contribution < -0.4 is 0 Å². The average molecular weight is 507 g/mol. The van der Waals surface area contributed by atoms with E-state index in [1.807, 2.05) is 13.8 Å². The maximum Gasteiger partial charge on any atom is 0.312 e. The fourth-order valence-electron chi connectivity index (χ4n) is 6.14. The summed E-state index contributed by atoms with van der Waals surface area (Å²) in [5, 5.41) is 12.2. The number of carbonyl (C=O) groups is 4. The molecule has 1 saturated heterocycles. The molecule has 1 heterocycles. The van der Waals surface area contributed by atoms with E-state index < -0.39 is 71.1 Å². The predicted octanol–water partition coefficient (Wildman–Crippen LogP) is 3.18. The van der Waals surface area contributed by atoms with Crippen LogP contribution in [0.5, 0.6) is 0 Å². The molecule has 9 nitrogen and oxygen atoms in total. The largest absolute Gasteiger partial charge is 0.462 e. The van der Waals surface area contributed by atoms with Gasteiger partial charge in [-0.1, -0.05) is 31.6 Å². The third-order valence-electron chi connectivity index (χ3n) is 8.13. The lowest BCUT2D eigenvalue weighted by Gasteiger charge is -2.55. The molecule has 200 valence electrons. The molecule has 9 heteroatoms. The monoisotopic (exact) mass is 506 g/mol. The minimum atomic E-state index is -1.94. The fourth-order valence-corrected chi connectivity index (χ4v) is 6.14. The van der Waals surface area contributed by atoms with Gasteiger partial charge in [-0.3, -0.25) is 19.2 Å². The summed E-state index contributed by atoms with van der Waals surface area (Å²) in [6.07, 6.45) is -0.328. The van der Waals surface area contributed by atoms with Crippen molar-refractivity contribution in [1.82, 2.24) is 0 Å². The highest BCUT2D eigenvalue weighted by Crippen LogP contribution is 2.56. The number of fused-ring (bicyclic) bond motifs is 2. The molecule has 0 radical (unpaired) electrons. The SMILES string of the molecule is C=C1CC[C@@H](OC(C)=O)[C@@]2(C)[C@@H](OC(=O)CC)CC/C(C)=C\[C@H]3OC(=O)[C@@H](C)[C@]3(O)[C@@H](OC(C)=O)[C@H]12. The molecule has 0 aromatic rings. The first-order valence-electron chi connectivity index (χ1n) is 12.6. The molecule has 36 heavy (non-hydrogen) atoms. The molecule has 3 rings (SSSR count). The maximum atomic E-state index is 12.7. The Kier molecular flexibility index (Phi) is 8.03. The first kappa shape index (κ1) is 27.9. The van der Waals surface area contributed by atoms with E-state index in [1.54, 1.807) is 13.0 Å². The number of rotatable bonds is 4. The molecule has 1 saturated carbocycles. The van der Waals surface area contributed by atoms with E-state index in [-0.39, 0.29) is 6.42 Å². The lowest BCUT2D eigenvalue weighted by Crippen LogP contribution is -2.65. The summed E-state index contributed by atoms with van der Waals surface area (Å²) in [5.74, 6) is -4.05. The first-order valence-corrected chi connectivity index (χ1v) is 12.6. The molecule has 3 aliphatic rings. The normalized spacial score (nSPS) is 40.0. The predicted molar refractivity (Wildman–Crippen MR) is 128 cm³/mol. The zero-order valence-electron chi connectivity index (χ0n) is 22.0. The summed E-state index contributed by atoms with van der Waals surface area (Å²) in [6, 6.07) is 0.